The highest BCUT2D eigenvalue weighted by Crippen LogP contribution is 2.36. The van der Waals surface area contributed by atoms with Crippen LogP contribution in [0.15, 0.2) is 62.3 Å². The van der Waals surface area contributed by atoms with Gasteiger partial charge in [-0.05, 0) is 55.3 Å². The predicted molar refractivity (Wildman–Crippen MR) is 130 cm³/mol. The van der Waals surface area contributed by atoms with Gasteiger partial charge in [0, 0.05) is 10.2 Å². The van der Waals surface area contributed by atoms with Crippen molar-refractivity contribution in [2.24, 2.45) is 4.99 Å². The van der Waals surface area contributed by atoms with E-state index in [1.165, 1.54) is 29.1 Å². The van der Waals surface area contributed by atoms with Gasteiger partial charge < -0.3 is 14.6 Å². The molecule has 2 heterocycles. The number of hydrogen-bond donors (Lipinski definition) is 1. The Labute approximate surface area is 202 Å². The summed E-state index contributed by atoms with van der Waals surface area (Å²) in [6, 6.07) is 11.7. The third kappa shape index (κ3) is 4.38. The monoisotopic (exact) mass is 528 g/mol. The van der Waals surface area contributed by atoms with Crippen molar-refractivity contribution >= 4 is 45.0 Å². The van der Waals surface area contributed by atoms with E-state index in [9.17, 15) is 14.7 Å². The van der Waals surface area contributed by atoms with Crippen molar-refractivity contribution < 1.29 is 19.4 Å². The molecule has 2 aromatic carbocycles. The number of aromatic hydroxyl groups is 1. The summed E-state index contributed by atoms with van der Waals surface area (Å²) in [6.07, 6.45) is 1.80. The van der Waals surface area contributed by atoms with Gasteiger partial charge in [0.15, 0.2) is 16.3 Å². The maximum Gasteiger partial charge on any atom is 0.338 e. The van der Waals surface area contributed by atoms with Crippen molar-refractivity contribution in [3.05, 3.63) is 83.3 Å². The van der Waals surface area contributed by atoms with Crippen LogP contribution in [0.1, 0.15) is 31.0 Å². The molecule has 9 heteroatoms. The van der Waals surface area contributed by atoms with Crippen LogP contribution in [0.4, 0.5) is 0 Å². The first-order valence-corrected chi connectivity index (χ1v) is 11.8. The number of thiazole rings is 1. The summed E-state index contributed by atoms with van der Waals surface area (Å²) in [6.45, 7) is 3.63. The van der Waals surface area contributed by atoms with Crippen molar-refractivity contribution in [1.29, 1.82) is 0 Å². The summed E-state index contributed by atoms with van der Waals surface area (Å²) in [5, 5.41) is 9.99. The van der Waals surface area contributed by atoms with E-state index >= 15 is 0 Å². The zero-order valence-electron chi connectivity index (χ0n) is 18.2. The van der Waals surface area contributed by atoms with Crippen molar-refractivity contribution in [2.45, 2.75) is 19.9 Å². The highest BCUT2D eigenvalue weighted by molar-refractivity contribution is 9.10. The van der Waals surface area contributed by atoms with E-state index in [0.717, 1.165) is 10.0 Å². The lowest BCUT2D eigenvalue weighted by atomic mass is 9.96. The lowest BCUT2D eigenvalue weighted by molar-refractivity contribution is -0.138. The summed E-state index contributed by atoms with van der Waals surface area (Å²) >= 11 is 4.70. The summed E-state index contributed by atoms with van der Waals surface area (Å²) in [5.74, 6) is -0.298. The van der Waals surface area contributed by atoms with Crippen LogP contribution in [0.5, 0.6) is 11.5 Å². The number of aromatic nitrogens is 1. The minimum absolute atomic E-state index is 0.0191. The first kappa shape index (κ1) is 23.0. The number of rotatable bonds is 5. The zero-order chi connectivity index (χ0) is 23.7. The molecular formula is C24H21BrN2O5S. The van der Waals surface area contributed by atoms with Crippen molar-refractivity contribution in [3.63, 3.8) is 0 Å². The van der Waals surface area contributed by atoms with Crippen LogP contribution in [-0.2, 0) is 9.53 Å². The summed E-state index contributed by atoms with van der Waals surface area (Å²) < 4.78 is 13.4. The zero-order valence-corrected chi connectivity index (χ0v) is 20.6. The van der Waals surface area contributed by atoms with Crippen LogP contribution in [0.3, 0.4) is 0 Å². The normalized spacial score (nSPS) is 15.8. The Morgan fingerprint density at radius 1 is 1.30 bits per heavy atom. The Kier molecular flexibility index (Phi) is 6.53. The molecule has 1 N–H and O–H groups in total. The Morgan fingerprint density at radius 2 is 2.09 bits per heavy atom. The highest BCUT2D eigenvalue weighted by atomic mass is 79.9. The summed E-state index contributed by atoms with van der Waals surface area (Å²) in [4.78, 5) is 31.4. The van der Waals surface area contributed by atoms with E-state index in [1.54, 1.807) is 32.1 Å². The van der Waals surface area contributed by atoms with Crippen molar-refractivity contribution in [1.82, 2.24) is 4.57 Å². The average molecular weight is 529 g/mol. The molecule has 0 radical (unpaired) electrons. The lowest BCUT2D eigenvalue weighted by Crippen LogP contribution is -2.35. The molecular weight excluding hydrogens is 508 g/mol. The number of phenols is 1. The molecule has 1 aliphatic heterocycles. The standard InChI is InChI=1S/C24H21BrN2O5S/c1-4-32-23(30)20-13(2)27-22(29)19(11-14-6-5-7-16(25)10-14)33-24(27)26-21(20)15-8-9-17(28)18(12-15)31-3/h5-12,21,28H,4H2,1-3H3/b19-11-/t21-/m1/s1. The fraction of sp³-hybridized carbons (Fsp3) is 0.208. The van der Waals surface area contributed by atoms with E-state index in [4.69, 9.17) is 14.5 Å². The van der Waals surface area contributed by atoms with Crippen LogP contribution in [0, 0.1) is 0 Å². The van der Waals surface area contributed by atoms with Gasteiger partial charge in [-0.3, -0.25) is 9.36 Å². The van der Waals surface area contributed by atoms with E-state index in [0.29, 0.717) is 20.6 Å². The van der Waals surface area contributed by atoms with Gasteiger partial charge >= 0.3 is 5.97 Å². The molecule has 4 rings (SSSR count). The van der Waals surface area contributed by atoms with E-state index < -0.39 is 12.0 Å². The SMILES string of the molecule is CCOC(=O)C1=C(C)n2c(s/c(=C\c3cccc(Br)c3)c2=O)=N[C@@H]1c1ccc(O)c(OC)c1. The van der Waals surface area contributed by atoms with Gasteiger partial charge in [0.25, 0.3) is 5.56 Å². The number of fused-ring (bicyclic) bond motifs is 1. The van der Waals surface area contributed by atoms with Gasteiger partial charge in [-0.25, -0.2) is 9.79 Å². The molecule has 7 nitrogen and oxygen atoms in total. The molecule has 3 aromatic rings. The number of carbonyl (C=O) groups excluding carboxylic acids is 1. The molecule has 170 valence electrons. The number of phenolic OH excluding ortho intramolecular Hbond substituents is 1. The third-order valence-electron chi connectivity index (χ3n) is 5.21. The lowest BCUT2D eigenvalue weighted by Gasteiger charge is -2.22. The number of ether oxygens (including phenoxy) is 2. The molecule has 1 aliphatic rings. The fourth-order valence-electron chi connectivity index (χ4n) is 3.67. The minimum atomic E-state index is -0.713. The largest absolute Gasteiger partial charge is 0.504 e. The minimum Gasteiger partial charge on any atom is -0.504 e. The van der Waals surface area contributed by atoms with Gasteiger partial charge in [0.2, 0.25) is 0 Å². The summed E-state index contributed by atoms with van der Waals surface area (Å²) in [7, 11) is 1.45. The molecule has 0 unspecified atom stereocenters. The molecule has 1 atom stereocenters. The molecule has 0 saturated heterocycles. The molecule has 0 aliphatic carbocycles. The topological polar surface area (TPSA) is 90.1 Å². The Morgan fingerprint density at radius 3 is 2.79 bits per heavy atom. The number of benzene rings is 2. The first-order chi connectivity index (χ1) is 15.8. The summed E-state index contributed by atoms with van der Waals surface area (Å²) in [5.41, 5.74) is 1.99. The molecule has 1 aromatic heterocycles. The predicted octanol–water partition coefficient (Wildman–Crippen LogP) is 3.38. The van der Waals surface area contributed by atoms with Crippen LogP contribution in [0.2, 0.25) is 0 Å². The molecule has 0 bridgehead atoms. The highest BCUT2D eigenvalue weighted by Gasteiger charge is 2.31. The molecule has 0 spiro atoms. The maximum atomic E-state index is 13.3. The third-order valence-corrected chi connectivity index (χ3v) is 6.68. The van der Waals surface area contributed by atoms with E-state index in [1.807, 2.05) is 24.3 Å². The average Bonchev–Trinajstić information content (AvgIpc) is 3.09. The number of halogens is 1. The Balaban J connectivity index is 1.96. The number of methoxy groups -OCH3 is 1. The second-order valence-electron chi connectivity index (χ2n) is 7.27. The number of esters is 1. The maximum absolute atomic E-state index is 13.3. The molecule has 0 fully saturated rings. The smallest absolute Gasteiger partial charge is 0.338 e. The van der Waals surface area contributed by atoms with Crippen LogP contribution in [0.25, 0.3) is 11.8 Å². The van der Waals surface area contributed by atoms with Gasteiger partial charge in [0.1, 0.15) is 6.04 Å². The second kappa shape index (κ2) is 9.36. The van der Waals surface area contributed by atoms with Gasteiger partial charge in [0.05, 0.1) is 23.8 Å². The molecule has 0 amide bonds. The van der Waals surface area contributed by atoms with Crippen LogP contribution in [-0.4, -0.2) is 29.4 Å². The Hall–Kier alpha value is -3.17. The molecule has 33 heavy (non-hydrogen) atoms. The second-order valence-corrected chi connectivity index (χ2v) is 9.20. The quantitative estimate of drug-likeness (QED) is 0.512. The fourth-order valence-corrected chi connectivity index (χ4v) is 5.13. The van der Waals surface area contributed by atoms with Crippen LogP contribution < -0.4 is 19.6 Å². The van der Waals surface area contributed by atoms with Crippen LogP contribution >= 0.6 is 27.3 Å². The van der Waals surface area contributed by atoms with E-state index in [2.05, 4.69) is 15.9 Å². The first-order valence-electron chi connectivity index (χ1n) is 10.2. The van der Waals surface area contributed by atoms with Gasteiger partial charge in [-0.15, -0.1) is 0 Å². The number of hydrogen-bond acceptors (Lipinski definition) is 7. The Bertz CT molecular complexity index is 1450. The number of carbonyl (C=O) groups is 1. The number of nitrogens with zero attached hydrogens (tertiary/aromatic N) is 2. The van der Waals surface area contributed by atoms with Crippen molar-refractivity contribution in [2.75, 3.05) is 13.7 Å². The number of allylic oxidation sites excluding steroid dienone is 1. The van der Waals surface area contributed by atoms with E-state index in [-0.39, 0.29) is 29.2 Å². The van der Waals surface area contributed by atoms with Gasteiger partial charge in [-0.2, -0.15) is 0 Å². The van der Waals surface area contributed by atoms with Crippen molar-refractivity contribution in [3.8, 4) is 11.5 Å². The van der Waals surface area contributed by atoms with Gasteiger partial charge in [-0.1, -0.05) is 45.5 Å². The molecule has 0 saturated carbocycles.